The highest BCUT2D eigenvalue weighted by atomic mass is 35.5. The lowest BCUT2D eigenvalue weighted by atomic mass is 10.1. The SMILES string of the molecule is CN(C)CCCNC(=O)c1ccc(/C=C2\CCn3c2nc2cc(NCCCCCCC(=O)NO)c(F)cc2c3=O)cc1.Cl. The first-order valence-electron chi connectivity index (χ1n) is 14.4. The molecule has 3 aromatic rings. The molecule has 0 unspecified atom stereocenters. The van der Waals surface area contributed by atoms with E-state index in [1.165, 1.54) is 6.07 Å². The second-order valence-electron chi connectivity index (χ2n) is 10.8. The number of hydrogen-bond donors (Lipinski definition) is 4. The maximum Gasteiger partial charge on any atom is 0.261 e. The molecule has 0 aliphatic carbocycles. The van der Waals surface area contributed by atoms with Crippen LogP contribution in [0.4, 0.5) is 10.1 Å². The molecule has 0 saturated carbocycles. The van der Waals surface area contributed by atoms with Crippen molar-refractivity contribution < 1.29 is 19.2 Å². The molecule has 1 aliphatic heterocycles. The van der Waals surface area contributed by atoms with Crippen molar-refractivity contribution in [3.05, 3.63) is 69.5 Å². The molecule has 1 aliphatic rings. The van der Waals surface area contributed by atoms with Gasteiger partial charge in [0.1, 0.15) is 11.6 Å². The van der Waals surface area contributed by atoms with Crippen LogP contribution in [0.3, 0.4) is 0 Å². The van der Waals surface area contributed by atoms with E-state index in [2.05, 4.69) is 15.5 Å². The van der Waals surface area contributed by atoms with Crippen LogP contribution in [0.2, 0.25) is 0 Å². The van der Waals surface area contributed by atoms with Gasteiger partial charge in [-0.1, -0.05) is 25.0 Å². The lowest BCUT2D eigenvalue weighted by molar-refractivity contribution is -0.129. The number of hydroxylamine groups is 1. The summed E-state index contributed by atoms with van der Waals surface area (Å²) in [4.78, 5) is 43.5. The minimum atomic E-state index is -0.503. The Hall–Kier alpha value is -3.80. The highest BCUT2D eigenvalue weighted by molar-refractivity contribution is 5.94. The van der Waals surface area contributed by atoms with Crippen molar-refractivity contribution in [1.29, 1.82) is 0 Å². The summed E-state index contributed by atoms with van der Waals surface area (Å²) in [5, 5.41) is 14.8. The van der Waals surface area contributed by atoms with Crippen LogP contribution in [-0.4, -0.2) is 65.2 Å². The van der Waals surface area contributed by atoms with E-state index in [0.29, 0.717) is 49.4 Å². The number of halogens is 2. The number of fused-ring (bicyclic) bond motifs is 2. The van der Waals surface area contributed by atoms with Crippen LogP contribution in [0, 0.1) is 5.82 Å². The van der Waals surface area contributed by atoms with Gasteiger partial charge in [-0.15, -0.1) is 12.4 Å². The Morgan fingerprint density at radius 1 is 1.07 bits per heavy atom. The van der Waals surface area contributed by atoms with Crippen molar-refractivity contribution >= 4 is 52.5 Å². The molecule has 4 N–H and O–H groups in total. The number of rotatable bonds is 14. The summed E-state index contributed by atoms with van der Waals surface area (Å²) in [5.41, 5.74) is 4.46. The number of unbranched alkanes of at least 4 members (excludes halogenated alkanes) is 3. The number of allylic oxidation sites excluding steroid dienone is 1. The summed E-state index contributed by atoms with van der Waals surface area (Å²) >= 11 is 0. The number of anilines is 1. The van der Waals surface area contributed by atoms with Crippen LogP contribution < -0.4 is 21.7 Å². The third-order valence-electron chi connectivity index (χ3n) is 7.29. The molecule has 0 spiro atoms. The number of amides is 2. The lowest BCUT2D eigenvalue weighted by Gasteiger charge is -2.11. The van der Waals surface area contributed by atoms with Gasteiger partial charge in [-0.25, -0.2) is 14.9 Å². The Bertz CT molecular complexity index is 1510. The fourth-order valence-electron chi connectivity index (χ4n) is 4.98. The number of carbonyl (C=O) groups excluding carboxylic acids is 2. The number of carbonyl (C=O) groups is 2. The first-order valence-corrected chi connectivity index (χ1v) is 14.4. The first-order chi connectivity index (χ1) is 20.3. The zero-order chi connectivity index (χ0) is 30.1. The molecule has 232 valence electrons. The van der Waals surface area contributed by atoms with Gasteiger partial charge in [0.05, 0.1) is 16.6 Å². The van der Waals surface area contributed by atoms with Crippen LogP contribution in [0.15, 0.2) is 41.2 Å². The second kappa shape index (κ2) is 16.2. The molecule has 4 rings (SSSR count). The normalized spacial score (nSPS) is 13.2. The van der Waals surface area contributed by atoms with Gasteiger partial charge in [0.15, 0.2) is 0 Å². The van der Waals surface area contributed by atoms with Gasteiger partial charge in [-0.05, 0) is 87.8 Å². The van der Waals surface area contributed by atoms with E-state index < -0.39 is 11.7 Å². The second-order valence-corrected chi connectivity index (χ2v) is 10.8. The van der Waals surface area contributed by atoms with Crippen LogP contribution in [0.1, 0.15) is 66.7 Å². The number of nitrogens with zero attached hydrogens (tertiary/aromatic N) is 3. The monoisotopic (exact) mass is 614 g/mol. The van der Waals surface area contributed by atoms with Crippen molar-refractivity contribution in [3.63, 3.8) is 0 Å². The third-order valence-corrected chi connectivity index (χ3v) is 7.29. The van der Waals surface area contributed by atoms with Crippen LogP contribution in [-0.2, 0) is 11.3 Å². The summed E-state index contributed by atoms with van der Waals surface area (Å²) in [5.74, 6) is -0.442. The average molecular weight is 615 g/mol. The largest absolute Gasteiger partial charge is 0.383 e. The van der Waals surface area contributed by atoms with Gasteiger partial charge < -0.3 is 15.5 Å². The smallest absolute Gasteiger partial charge is 0.261 e. The molecule has 0 atom stereocenters. The number of benzene rings is 2. The third kappa shape index (κ3) is 9.09. The molecule has 0 radical (unpaired) electrons. The molecule has 12 heteroatoms. The van der Waals surface area contributed by atoms with E-state index in [1.807, 2.05) is 32.3 Å². The fourth-order valence-corrected chi connectivity index (χ4v) is 4.98. The van der Waals surface area contributed by atoms with Crippen molar-refractivity contribution in [2.24, 2.45) is 0 Å². The van der Waals surface area contributed by atoms with Crippen molar-refractivity contribution in [2.45, 2.75) is 51.5 Å². The fraction of sp³-hybridized carbons (Fsp3) is 0.419. The molecule has 43 heavy (non-hydrogen) atoms. The van der Waals surface area contributed by atoms with Crippen LogP contribution in [0.25, 0.3) is 22.6 Å². The standard InChI is InChI=1S/C31H39FN6O4.ClH/c1-37(2)16-7-15-34-30(40)22-11-9-21(10-12-22)18-23-13-17-38-29(23)35-26-20-27(25(32)19-24(26)31(38)41)33-14-6-4-3-5-8-28(39)36-42;/h9-12,18-20,33,42H,3-8,13-17H2,1-2H3,(H,34,40)(H,36,39);1H/b23-18+;. The number of nitrogens with one attached hydrogen (secondary N) is 3. The quantitative estimate of drug-likeness (QED) is 0.120. The van der Waals surface area contributed by atoms with E-state index in [9.17, 15) is 18.8 Å². The molecule has 0 saturated heterocycles. The molecular formula is C31H40ClFN6O4. The van der Waals surface area contributed by atoms with Gasteiger partial charge in [0.2, 0.25) is 5.91 Å². The predicted octanol–water partition coefficient (Wildman–Crippen LogP) is 4.45. The Morgan fingerprint density at radius 3 is 2.53 bits per heavy atom. The minimum Gasteiger partial charge on any atom is -0.383 e. The average Bonchev–Trinajstić information content (AvgIpc) is 3.37. The number of hydrogen-bond acceptors (Lipinski definition) is 7. The molecule has 1 aromatic heterocycles. The summed E-state index contributed by atoms with van der Waals surface area (Å²) in [6, 6.07) is 10.2. The van der Waals surface area contributed by atoms with E-state index in [4.69, 9.17) is 10.2 Å². The zero-order valence-electron chi connectivity index (χ0n) is 24.6. The molecule has 0 fully saturated rings. The summed E-state index contributed by atoms with van der Waals surface area (Å²) in [6.45, 7) is 2.53. The Labute approximate surface area is 256 Å². The summed E-state index contributed by atoms with van der Waals surface area (Å²) in [7, 11) is 4.00. The molecule has 10 nitrogen and oxygen atoms in total. The van der Waals surface area contributed by atoms with E-state index in [0.717, 1.165) is 43.4 Å². The maximum absolute atomic E-state index is 14.8. The maximum atomic E-state index is 14.8. The van der Waals surface area contributed by atoms with Gasteiger partial charge in [-0.2, -0.15) is 0 Å². The van der Waals surface area contributed by atoms with Crippen molar-refractivity contribution in [1.82, 2.24) is 25.2 Å². The highest BCUT2D eigenvalue weighted by Gasteiger charge is 2.22. The minimum absolute atomic E-state index is 0. The van der Waals surface area contributed by atoms with Crippen molar-refractivity contribution in [2.75, 3.05) is 39.0 Å². The van der Waals surface area contributed by atoms with E-state index in [1.54, 1.807) is 28.2 Å². The predicted molar refractivity (Wildman–Crippen MR) is 169 cm³/mol. The molecule has 2 heterocycles. The molecule has 0 bridgehead atoms. The van der Waals surface area contributed by atoms with E-state index >= 15 is 0 Å². The first kappa shape index (κ1) is 33.7. The molecule has 2 aromatic carbocycles. The van der Waals surface area contributed by atoms with Crippen LogP contribution in [0.5, 0.6) is 0 Å². The molecular weight excluding hydrogens is 575 g/mol. The van der Waals surface area contributed by atoms with Gasteiger partial charge >= 0.3 is 0 Å². The zero-order valence-corrected chi connectivity index (χ0v) is 25.4. The highest BCUT2D eigenvalue weighted by Crippen LogP contribution is 2.29. The Balaban J connectivity index is 0.00000506. The number of aromatic nitrogens is 2. The lowest BCUT2D eigenvalue weighted by Crippen LogP contribution is -2.27. The van der Waals surface area contributed by atoms with Crippen molar-refractivity contribution in [3.8, 4) is 0 Å². The summed E-state index contributed by atoms with van der Waals surface area (Å²) < 4.78 is 16.4. The Kier molecular flexibility index (Phi) is 12.7. The summed E-state index contributed by atoms with van der Waals surface area (Å²) in [6.07, 6.45) is 6.87. The van der Waals surface area contributed by atoms with Gasteiger partial charge in [0, 0.05) is 31.6 Å². The van der Waals surface area contributed by atoms with Gasteiger partial charge in [-0.3, -0.25) is 24.2 Å². The Morgan fingerprint density at radius 2 is 1.81 bits per heavy atom. The molecule has 2 amide bonds. The van der Waals surface area contributed by atoms with E-state index in [-0.39, 0.29) is 41.4 Å². The topological polar surface area (TPSA) is 129 Å². The van der Waals surface area contributed by atoms with Gasteiger partial charge in [0.25, 0.3) is 11.5 Å². The van der Waals surface area contributed by atoms with Crippen LogP contribution >= 0.6 is 12.4 Å².